The van der Waals surface area contributed by atoms with E-state index >= 15 is 0 Å². The van der Waals surface area contributed by atoms with E-state index in [2.05, 4.69) is 18.8 Å². The lowest BCUT2D eigenvalue weighted by atomic mass is 9.97. The number of nitrogens with zero attached hydrogens (tertiary/aromatic N) is 1. The Morgan fingerprint density at radius 3 is 2.62 bits per heavy atom. The van der Waals surface area contributed by atoms with Gasteiger partial charge >= 0.3 is 0 Å². The van der Waals surface area contributed by atoms with Crippen molar-refractivity contribution >= 4 is 22.5 Å². The molecule has 1 aromatic carbocycles. The molecule has 0 radical (unpaired) electrons. The van der Waals surface area contributed by atoms with E-state index in [4.69, 9.17) is 11.6 Å². The molecule has 3 heteroatoms. The van der Waals surface area contributed by atoms with Crippen LogP contribution in [0.4, 0.5) is 4.39 Å². The van der Waals surface area contributed by atoms with E-state index in [-0.39, 0.29) is 10.8 Å². The SMILES string of the molecule is Cc1c(C(C)C)cnc2ccc(F)c(Cl)c12. The van der Waals surface area contributed by atoms with Crippen LogP contribution in [0, 0.1) is 12.7 Å². The molecular formula is C13H13ClFN. The predicted octanol–water partition coefficient (Wildman–Crippen LogP) is 4.46. The normalized spacial score (nSPS) is 11.4. The Kier molecular flexibility index (Phi) is 2.85. The van der Waals surface area contributed by atoms with Gasteiger partial charge in [0.15, 0.2) is 0 Å². The lowest BCUT2D eigenvalue weighted by Crippen LogP contribution is -1.96. The molecule has 1 heterocycles. The Hall–Kier alpha value is -1.15. The molecule has 84 valence electrons. The Morgan fingerprint density at radius 2 is 2.00 bits per heavy atom. The first-order valence-corrected chi connectivity index (χ1v) is 5.63. The van der Waals surface area contributed by atoms with Gasteiger partial charge in [0.1, 0.15) is 5.82 Å². The maximum Gasteiger partial charge on any atom is 0.142 e. The van der Waals surface area contributed by atoms with Crippen LogP contribution in [0.3, 0.4) is 0 Å². The zero-order chi connectivity index (χ0) is 11.9. The van der Waals surface area contributed by atoms with Crippen molar-refractivity contribution in [1.29, 1.82) is 0 Å². The third-order valence-electron chi connectivity index (χ3n) is 2.85. The molecule has 0 spiro atoms. The van der Waals surface area contributed by atoms with E-state index in [0.717, 1.165) is 22.0 Å². The smallest absolute Gasteiger partial charge is 0.142 e. The first-order chi connectivity index (χ1) is 7.52. The molecule has 1 nitrogen and oxygen atoms in total. The lowest BCUT2D eigenvalue weighted by molar-refractivity contribution is 0.630. The van der Waals surface area contributed by atoms with Crippen LogP contribution >= 0.6 is 11.6 Å². The summed E-state index contributed by atoms with van der Waals surface area (Å²) in [6.45, 7) is 6.14. The van der Waals surface area contributed by atoms with Gasteiger partial charge in [0.2, 0.25) is 0 Å². The van der Waals surface area contributed by atoms with Gasteiger partial charge in [-0.15, -0.1) is 0 Å². The van der Waals surface area contributed by atoms with Gasteiger partial charge in [-0.25, -0.2) is 4.39 Å². The van der Waals surface area contributed by atoms with E-state index in [1.165, 1.54) is 6.07 Å². The molecule has 2 rings (SSSR count). The monoisotopic (exact) mass is 237 g/mol. The van der Waals surface area contributed by atoms with Crippen LogP contribution in [0.15, 0.2) is 18.3 Å². The summed E-state index contributed by atoms with van der Waals surface area (Å²) in [6, 6.07) is 3.01. The van der Waals surface area contributed by atoms with Crippen molar-refractivity contribution in [3.8, 4) is 0 Å². The Morgan fingerprint density at radius 1 is 1.31 bits per heavy atom. The number of pyridine rings is 1. The molecule has 0 saturated heterocycles. The van der Waals surface area contributed by atoms with Crippen molar-refractivity contribution in [2.45, 2.75) is 26.7 Å². The van der Waals surface area contributed by atoms with Crippen LogP contribution < -0.4 is 0 Å². The van der Waals surface area contributed by atoms with E-state index in [1.54, 1.807) is 6.07 Å². The fourth-order valence-electron chi connectivity index (χ4n) is 1.97. The van der Waals surface area contributed by atoms with Crippen LogP contribution in [-0.2, 0) is 0 Å². The van der Waals surface area contributed by atoms with Crippen molar-refractivity contribution in [1.82, 2.24) is 4.98 Å². The second kappa shape index (κ2) is 4.02. The van der Waals surface area contributed by atoms with Gasteiger partial charge in [-0.1, -0.05) is 25.4 Å². The number of fused-ring (bicyclic) bond motifs is 1. The van der Waals surface area contributed by atoms with E-state index in [0.29, 0.717) is 5.92 Å². The molecule has 0 amide bonds. The van der Waals surface area contributed by atoms with Gasteiger partial charge in [0, 0.05) is 11.6 Å². The predicted molar refractivity (Wildman–Crippen MR) is 65.5 cm³/mol. The molecule has 0 atom stereocenters. The fraction of sp³-hybridized carbons (Fsp3) is 0.308. The van der Waals surface area contributed by atoms with Gasteiger partial charge < -0.3 is 0 Å². The van der Waals surface area contributed by atoms with Gasteiger partial charge in [-0.2, -0.15) is 0 Å². The van der Waals surface area contributed by atoms with Crippen LogP contribution in [0.2, 0.25) is 5.02 Å². The largest absolute Gasteiger partial charge is 0.256 e. The zero-order valence-corrected chi connectivity index (χ0v) is 10.3. The van der Waals surface area contributed by atoms with Crippen molar-refractivity contribution in [3.63, 3.8) is 0 Å². The molecule has 0 saturated carbocycles. The summed E-state index contributed by atoms with van der Waals surface area (Å²) in [4.78, 5) is 4.31. The Bertz CT molecular complexity index is 549. The van der Waals surface area contributed by atoms with E-state index < -0.39 is 0 Å². The number of hydrogen-bond acceptors (Lipinski definition) is 1. The highest BCUT2D eigenvalue weighted by Gasteiger charge is 2.13. The molecule has 0 bridgehead atoms. The molecular weight excluding hydrogens is 225 g/mol. The maximum atomic E-state index is 13.4. The quantitative estimate of drug-likeness (QED) is 0.714. The summed E-state index contributed by atoms with van der Waals surface area (Å²) in [5.41, 5.74) is 2.87. The summed E-state index contributed by atoms with van der Waals surface area (Å²) in [5.74, 6) is -0.0313. The number of benzene rings is 1. The van der Waals surface area contributed by atoms with E-state index in [1.807, 2.05) is 13.1 Å². The molecule has 0 aliphatic carbocycles. The van der Waals surface area contributed by atoms with Crippen molar-refractivity contribution in [2.24, 2.45) is 0 Å². The summed E-state index contributed by atoms with van der Waals surface area (Å²) in [6.07, 6.45) is 1.84. The van der Waals surface area contributed by atoms with Gasteiger partial charge in [-0.05, 0) is 36.1 Å². The van der Waals surface area contributed by atoms with Crippen LogP contribution in [0.1, 0.15) is 30.9 Å². The van der Waals surface area contributed by atoms with Crippen molar-refractivity contribution < 1.29 is 4.39 Å². The lowest BCUT2D eigenvalue weighted by Gasteiger charge is -2.12. The Balaban J connectivity index is 2.86. The third kappa shape index (κ3) is 1.67. The molecule has 0 fully saturated rings. The minimum absolute atomic E-state index is 0.171. The highest BCUT2D eigenvalue weighted by molar-refractivity contribution is 6.35. The molecule has 2 aromatic rings. The maximum absolute atomic E-state index is 13.4. The second-order valence-electron chi connectivity index (χ2n) is 4.25. The number of hydrogen-bond donors (Lipinski definition) is 0. The Labute approximate surface area is 99.3 Å². The number of halogens is 2. The summed E-state index contributed by atoms with van der Waals surface area (Å²) < 4.78 is 13.4. The molecule has 0 aliphatic rings. The first-order valence-electron chi connectivity index (χ1n) is 5.25. The summed E-state index contributed by atoms with van der Waals surface area (Å²) >= 11 is 5.99. The molecule has 1 aromatic heterocycles. The highest BCUT2D eigenvalue weighted by atomic mass is 35.5. The molecule has 0 aliphatic heterocycles. The van der Waals surface area contributed by atoms with E-state index in [9.17, 15) is 4.39 Å². The second-order valence-corrected chi connectivity index (χ2v) is 4.63. The number of rotatable bonds is 1. The fourth-order valence-corrected chi connectivity index (χ4v) is 2.27. The highest BCUT2D eigenvalue weighted by Crippen LogP contribution is 2.31. The summed E-state index contributed by atoms with van der Waals surface area (Å²) in [5, 5.41) is 0.901. The van der Waals surface area contributed by atoms with Gasteiger partial charge in [0.25, 0.3) is 0 Å². The molecule has 0 N–H and O–H groups in total. The minimum atomic E-state index is -0.389. The van der Waals surface area contributed by atoms with Gasteiger partial charge in [0.05, 0.1) is 10.5 Å². The topological polar surface area (TPSA) is 12.9 Å². The molecule has 16 heavy (non-hydrogen) atoms. The van der Waals surface area contributed by atoms with Crippen LogP contribution in [0.5, 0.6) is 0 Å². The van der Waals surface area contributed by atoms with Crippen LogP contribution in [-0.4, -0.2) is 4.98 Å². The zero-order valence-electron chi connectivity index (χ0n) is 9.51. The first kappa shape index (κ1) is 11.3. The molecule has 0 unspecified atom stereocenters. The number of aryl methyl sites for hydroxylation is 1. The van der Waals surface area contributed by atoms with Gasteiger partial charge in [-0.3, -0.25) is 4.98 Å². The average molecular weight is 238 g/mol. The van der Waals surface area contributed by atoms with Crippen molar-refractivity contribution in [3.05, 3.63) is 40.3 Å². The average Bonchev–Trinajstić information content (AvgIpc) is 2.23. The standard InChI is InChI=1S/C13H13ClFN/c1-7(2)9-6-16-11-5-4-10(15)13(14)12(11)8(9)3/h4-7H,1-3H3. The van der Waals surface area contributed by atoms with Crippen LogP contribution in [0.25, 0.3) is 10.9 Å². The summed E-state index contributed by atoms with van der Waals surface area (Å²) in [7, 11) is 0. The number of aromatic nitrogens is 1. The van der Waals surface area contributed by atoms with Crippen molar-refractivity contribution in [2.75, 3.05) is 0 Å². The minimum Gasteiger partial charge on any atom is -0.256 e. The third-order valence-corrected chi connectivity index (χ3v) is 3.22.